The summed E-state index contributed by atoms with van der Waals surface area (Å²) < 4.78 is 65.0. The number of halogens is 1. The number of aliphatic hydroxyl groups is 2. The molecule has 7 atom stereocenters. The van der Waals surface area contributed by atoms with Gasteiger partial charge in [0.15, 0.2) is 6.23 Å². The van der Waals surface area contributed by atoms with E-state index in [0.29, 0.717) is 0 Å². The number of alkyl halides is 1. The minimum absolute atomic E-state index is 0.0832. The van der Waals surface area contributed by atoms with Gasteiger partial charge in [-0.05, 0) is 13.0 Å². The minimum atomic E-state index is -5.84. The highest BCUT2D eigenvalue weighted by Gasteiger charge is 2.63. The highest BCUT2D eigenvalue weighted by molar-refractivity contribution is 7.66. The molecule has 2 aliphatic heterocycles. The van der Waals surface area contributed by atoms with Gasteiger partial charge in [-0.2, -0.15) is 8.62 Å². The molecular weight excluding hydrogens is 496 g/mol. The van der Waals surface area contributed by atoms with Crippen molar-refractivity contribution in [1.82, 2.24) is 4.90 Å². The number of aliphatic imine (C=N–C) groups is 1. The molecule has 0 aromatic carbocycles. The maximum absolute atomic E-state index is 15.2. The third-order valence-electron chi connectivity index (χ3n) is 3.90. The van der Waals surface area contributed by atoms with E-state index in [1.807, 2.05) is 0 Å². The van der Waals surface area contributed by atoms with Gasteiger partial charge in [-0.1, -0.05) is 0 Å². The molecule has 180 valence electrons. The van der Waals surface area contributed by atoms with Gasteiger partial charge in [0.1, 0.15) is 18.5 Å². The van der Waals surface area contributed by atoms with Gasteiger partial charge in [0.25, 0.3) is 5.85 Å². The van der Waals surface area contributed by atoms with E-state index < -0.39 is 60.2 Å². The van der Waals surface area contributed by atoms with Gasteiger partial charge in [-0.3, -0.25) is 4.52 Å². The Kier molecular flexibility index (Phi) is 7.26. The summed E-state index contributed by atoms with van der Waals surface area (Å²) in [7, 11) is -17.2. The molecule has 2 heterocycles. The van der Waals surface area contributed by atoms with Crippen LogP contribution in [0.5, 0.6) is 0 Å². The van der Waals surface area contributed by atoms with Crippen LogP contribution in [0.3, 0.4) is 0 Å². The van der Waals surface area contributed by atoms with Crippen molar-refractivity contribution in [2.24, 2.45) is 16.5 Å². The number of nitrogens with two attached hydrogens (primary N) is 2. The Morgan fingerprint density at radius 1 is 1.23 bits per heavy atom. The quantitative estimate of drug-likeness (QED) is 0.160. The van der Waals surface area contributed by atoms with Gasteiger partial charge >= 0.3 is 23.5 Å². The maximum atomic E-state index is 15.2. The van der Waals surface area contributed by atoms with Gasteiger partial charge < -0.3 is 50.9 Å². The smallest absolute Gasteiger partial charge is 0.385 e. The first-order valence-corrected chi connectivity index (χ1v) is 12.4. The monoisotopic (exact) mass is 516 g/mol. The second-order valence-corrected chi connectivity index (χ2v) is 11.0. The molecule has 7 unspecified atom stereocenters. The summed E-state index contributed by atoms with van der Waals surface area (Å²) >= 11 is 0. The number of nitrogens with zero attached hydrogens (tertiary/aromatic N) is 2. The number of phosphoric ester groups is 1. The number of phosphoric acid groups is 3. The highest BCUT2D eigenvalue weighted by Crippen LogP contribution is 2.66. The summed E-state index contributed by atoms with van der Waals surface area (Å²) in [6.45, 7) is -0.517. The molecule has 1 fully saturated rings. The van der Waals surface area contributed by atoms with Gasteiger partial charge in [0.2, 0.25) is 6.35 Å². The first-order valence-electron chi connectivity index (χ1n) is 7.87. The van der Waals surface area contributed by atoms with Crippen molar-refractivity contribution >= 4 is 29.3 Å². The van der Waals surface area contributed by atoms with E-state index in [1.165, 1.54) is 6.08 Å². The van der Waals surface area contributed by atoms with E-state index >= 15 is 4.39 Å². The lowest BCUT2D eigenvalue weighted by atomic mass is 9.92. The highest BCUT2D eigenvalue weighted by atomic mass is 31.3. The van der Waals surface area contributed by atoms with Crippen LogP contribution in [-0.4, -0.2) is 77.2 Å². The number of rotatable bonds is 8. The van der Waals surface area contributed by atoms with Crippen molar-refractivity contribution in [3.63, 3.8) is 0 Å². The molecule has 21 heteroatoms. The fraction of sp³-hybridized carbons (Fsp3) is 0.700. The molecule has 10 N–H and O–H groups in total. The zero-order valence-electron chi connectivity index (χ0n) is 15.4. The van der Waals surface area contributed by atoms with Crippen LogP contribution in [0.25, 0.3) is 0 Å². The van der Waals surface area contributed by atoms with E-state index in [0.717, 1.165) is 18.0 Å². The van der Waals surface area contributed by atoms with Crippen molar-refractivity contribution in [1.29, 1.82) is 0 Å². The summed E-state index contributed by atoms with van der Waals surface area (Å²) in [4.78, 5) is 39.9. The summed E-state index contributed by atoms with van der Waals surface area (Å²) in [6, 6.07) is 0. The minimum Gasteiger partial charge on any atom is -0.385 e. The Bertz CT molecular complexity index is 910. The molecule has 0 radical (unpaired) electrons. The molecule has 31 heavy (non-hydrogen) atoms. The topological polar surface area (TPSA) is 277 Å². The predicted molar refractivity (Wildman–Crippen MR) is 95.7 cm³/mol. The SMILES string of the molecule is CC1(N)C(N2C=CC(N)=NC2O)OC(F)(COP(=O)(O)OP(=O)(O)OP(=O)(O)O)C1O. The van der Waals surface area contributed by atoms with E-state index in [4.69, 9.17) is 30.9 Å². The second-order valence-electron chi connectivity index (χ2n) is 6.55. The summed E-state index contributed by atoms with van der Waals surface area (Å²) in [5.74, 6) is -3.42. The first-order chi connectivity index (χ1) is 13.8. The molecule has 0 saturated carbocycles. The molecule has 0 bridgehead atoms. The number of hydrogen-bond donors (Lipinski definition) is 8. The van der Waals surface area contributed by atoms with Crippen molar-refractivity contribution in [3.05, 3.63) is 12.3 Å². The largest absolute Gasteiger partial charge is 0.490 e. The molecule has 2 aliphatic rings. The summed E-state index contributed by atoms with van der Waals surface area (Å²) in [5, 5.41) is 20.2. The van der Waals surface area contributed by atoms with Crippen LogP contribution in [0.1, 0.15) is 6.92 Å². The van der Waals surface area contributed by atoms with Crippen LogP contribution >= 0.6 is 23.5 Å². The molecule has 1 saturated heterocycles. The summed E-state index contributed by atoms with van der Waals surface area (Å²) in [6.07, 6.45) is -3.25. The van der Waals surface area contributed by atoms with Crippen molar-refractivity contribution in [2.75, 3.05) is 6.61 Å². The Balaban J connectivity index is 2.14. The van der Waals surface area contributed by atoms with Crippen LogP contribution in [0, 0.1) is 0 Å². The van der Waals surface area contributed by atoms with E-state index in [1.54, 1.807) is 0 Å². The van der Waals surface area contributed by atoms with Crippen molar-refractivity contribution in [3.8, 4) is 0 Å². The fourth-order valence-corrected chi connectivity index (χ4v) is 5.66. The lowest BCUT2D eigenvalue weighted by molar-refractivity contribution is -0.221. The van der Waals surface area contributed by atoms with Crippen molar-refractivity contribution in [2.45, 2.75) is 37.0 Å². The Labute approximate surface area is 173 Å². The van der Waals surface area contributed by atoms with Crippen molar-refractivity contribution < 1.29 is 65.8 Å². The van der Waals surface area contributed by atoms with Gasteiger partial charge in [-0.15, -0.1) is 0 Å². The molecule has 0 aromatic rings. The first kappa shape index (κ1) is 26.4. The van der Waals surface area contributed by atoms with Crippen LogP contribution in [-0.2, 0) is 31.6 Å². The lowest BCUT2D eigenvalue weighted by Gasteiger charge is -2.37. The number of ether oxygens (including phenoxy) is 1. The number of hydrogen-bond acceptors (Lipinski definition) is 13. The van der Waals surface area contributed by atoms with Crippen LogP contribution in [0.4, 0.5) is 4.39 Å². The molecule has 0 aromatic heterocycles. The van der Waals surface area contributed by atoms with E-state index in [9.17, 15) is 28.8 Å². The predicted octanol–water partition coefficient (Wildman–Crippen LogP) is -2.11. The standard InChI is InChI=1S/C10H20FN4O13P3/c1-9(13)6(16)10(11,26-7(9)15-3-2-5(12)14-8(15)17)4-25-30(21,22)28-31(23,24)27-29(18,19)20/h2-3,6-8,16-17H,4,13H2,1H3,(H2,12,14)(H,21,22)(H,23,24)(H2,18,19,20). The van der Waals surface area contributed by atoms with Crippen LogP contribution < -0.4 is 11.5 Å². The molecule has 2 rings (SSSR count). The molecule has 0 amide bonds. The third kappa shape index (κ3) is 6.37. The number of aliphatic hydroxyl groups excluding tert-OH is 2. The second kappa shape index (κ2) is 8.52. The normalized spacial score (nSPS) is 37.9. The average molecular weight is 516 g/mol. The van der Waals surface area contributed by atoms with Gasteiger partial charge in [0, 0.05) is 6.20 Å². The molecule has 17 nitrogen and oxygen atoms in total. The fourth-order valence-electron chi connectivity index (χ4n) is 2.63. The van der Waals surface area contributed by atoms with Gasteiger partial charge in [0.05, 0.1) is 5.54 Å². The average Bonchev–Trinajstić information content (AvgIpc) is 2.71. The Morgan fingerprint density at radius 3 is 2.32 bits per heavy atom. The van der Waals surface area contributed by atoms with E-state index in [-0.39, 0.29) is 5.84 Å². The lowest BCUT2D eigenvalue weighted by Crippen LogP contribution is -2.61. The maximum Gasteiger partial charge on any atom is 0.490 e. The third-order valence-corrected chi connectivity index (χ3v) is 7.68. The van der Waals surface area contributed by atoms with Gasteiger partial charge in [-0.25, -0.2) is 23.1 Å². The summed E-state index contributed by atoms with van der Waals surface area (Å²) in [5.41, 5.74) is 9.31. The van der Waals surface area contributed by atoms with Crippen LogP contribution in [0.15, 0.2) is 17.3 Å². The molecular formula is C10H20FN4O13P3. The molecule has 0 aliphatic carbocycles. The number of amidine groups is 1. The zero-order valence-corrected chi connectivity index (χ0v) is 18.1. The zero-order chi connectivity index (χ0) is 24.0. The molecule has 0 spiro atoms. The Morgan fingerprint density at radius 2 is 1.81 bits per heavy atom. The van der Waals surface area contributed by atoms with Crippen LogP contribution in [0.2, 0.25) is 0 Å². The Hall–Kier alpha value is -0.810. The van der Waals surface area contributed by atoms with E-state index in [2.05, 4.69) is 18.1 Å².